The number of hydrogen-bond acceptors (Lipinski definition) is 2. The first kappa shape index (κ1) is 16.9. The third-order valence-corrected chi connectivity index (χ3v) is 3.70. The van der Waals surface area contributed by atoms with Crippen LogP contribution in [-0.4, -0.2) is 33.4 Å². The molecule has 0 atom stereocenters. The van der Waals surface area contributed by atoms with Crippen LogP contribution < -0.4 is 0 Å². The smallest absolute Gasteiger partial charge is 0.195 e. The van der Waals surface area contributed by atoms with Crippen LogP contribution in [0.4, 0.5) is 0 Å². The fourth-order valence-electron chi connectivity index (χ4n) is 1.99. The summed E-state index contributed by atoms with van der Waals surface area (Å²) in [7, 11) is 0. The normalized spacial score (nSPS) is 10.3. The molecule has 3 nitrogen and oxygen atoms in total. The van der Waals surface area contributed by atoms with Crippen molar-refractivity contribution in [3.8, 4) is 0 Å². The molecular formula is C16H26N2OS. The molecule has 0 saturated heterocycles. The van der Waals surface area contributed by atoms with E-state index in [0.29, 0.717) is 11.7 Å². The number of hydroxylamine groups is 2. The van der Waals surface area contributed by atoms with E-state index in [0.717, 1.165) is 44.3 Å². The molecule has 0 fully saturated rings. The van der Waals surface area contributed by atoms with Gasteiger partial charge in [-0.3, -0.25) is 5.21 Å². The maximum absolute atomic E-state index is 10.2. The van der Waals surface area contributed by atoms with Crippen LogP contribution in [0.1, 0.15) is 45.1 Å². The lowest BCUT2D eigenvalue weighted by Crippen LogP contribution is -2.42. The molecule has 0 aliphatic heterocycles. The molecule has 0 radical (unpaired) electrons. The third kappa shape index (κ3) is 5.88. The van der Waals surface area contributed by atoms with Crippen molar-refractivity contribution in [1.29, 1.82) is 0 Å². The molecular weight excluding hydrogens is 268 g/mol. The predicted octanol–water partition coefficient (Wildman–Crippen LogP) is 4.06. The Hall–Kier alpha value is -1.13. The van der Waals surface area contributed by atoms with Crippen molar-refractivity contribution in [2.24, 2.45) is 0 Å². The Morgan fingerprint density at radius 1 is 1.05 bits per heavy atom. The Bertz CT molecular complexity index is 375. The van der Waals surface area contributed by atoms with Crippen LogP contribution in [0.25, 0.3) is 0 Å². The fraction of sp³-hybridized carbons (Fsp3) is 0.562. The average molecular weight is 294 g/mol. The SMILES string of the molecule is CCCCN(CCCC)C(=S)N(O)Cc1ccccc1. The average Bonchev–Trinajstić information content (AvgIpc) is 2.48. The molecule has 0 saturated carbocycles. The molecule has 1 N–H and O–H groups in total. The summed E-state index contributed by atoms with van der Waals surface area (Å²) in [6.45, 7) is 6.61. The molecule has 1 aromatic carbocycles. The first-order valence-electron chi connectivity index (χ1n) is 7.48. The number of unbranched alkanes of at least 4 members (excludes halogenated alkanes) is 2. The molecule has 20 heavy (non-hydrogen) atoms. The van der Waals surface area contributed by atoms with Crippen molar-refractivity contribution in [1.82, 2.24) is 9.96 Å². The predicted molar refractivity (Wildman–Crippen MR) is 87.8 cm³/mol. The highest BCUT2D eigenvalue weighted by atomic mass is 32.1. The molecule has 1 rings (SSSR count). The number of nitrogens with zero attached hydrogens (tertiary/aromatic N) is 2. The first-order valence-corrected chi connectivity index (χ1v) is 7.89. The summed E-state index contributed by atoms with van der Waals surface area (Å²) < 4.78 is 0. The van der Waals surface area contributed by atoms with Gasteiger partial charge in [0.2, 0.25) is 0 Å². The minimum absolute atomic E-state index is 0.439. The van der Waals surface area contributed by atoms with E-state index in [1.807, 2.05) is 30.3 Å². The van der Waals surface area contributed by atoms with E-state index >= 15 is 0 Å². The molecule has 112 valence electrons. The van der Waals surface area contributed by atoms with Gasteiger partial charge in [0.15, 0.2) is 5.11 Å². The van der Waals surface area contributed by atoms with Gasteiger partial charge in [-0.2, -0.15) is 0 Å². The second-order valence-electron chi connectivity index (χ2n) is 5.02. The summed E-state index contributed by atoms with van der Waals surface area (Å²) >= 11 is 5.43. The lowest BCUT2D eigenvalue weighted by atomic mass is 10.2. The monoisotopic (exact) mass is 294 g/mol. The largest absolute Gasteiger partial charge is 0.347 e. The Balaban J connectivity index is 2.57. The maximum Gasteiger partial charge on any atom is 0.195 e. The zero-order chi connectivity index (χ0) is 14.8. The van der Waals surface area contributed by atoms with Gasteiger partial charge >= 0.3 is 0 Å². The summed E-state index contributed by atoms with van der Waals surface area (Å²) in [6, 6.07) is 9.90. The van der Waals surface area contributed by atoms with Gasteiger partial charge in [-0.15, -0.1) is 0 Å². The highest BCUT2D eigenvalue weighted by Crippen LogP contribution is 2.08. The van der Waals surface area contributed by atoms with Crippen molar-refractivity contribution in [3.05, 3.63) is 35.9 Å². The second-order valence-corrected chi connectivity index (χ2v) is 5.39. The molecule has 0 amide bonds. The summed E-state index contributed by atoms with van der Waals surface area (Å²) in [5.41, 5.74) is 1.06. The molecule has 0 bridgehead atoms. The second kappa shape index (κ2) is 9.72. The highest BCUT2D eigenvalue weighted by molar-refractivity contribution is 7.80. The van der Waals surface area contributed by atoms with Crippen molar-refractivity contribution in [3.63, 3.8) is 0 Å². The van der Waals surface area contributed by atoms with E-state index in [1.165, 1.54) is 5.06 Å². The van der Waals surface area contributed by atoms with Crippen LogP contribution in [0, 0.1) is 0 Å². The molecule has 0 spiro atoms. The topological polar surface area (TPSA) is 26.7 Å². The first-order chi connectivity index (χ1) is 9.69. The van der Waals surface area contributed by atoms with E-state index in [9.17, 15) is 5.21 Å². The molecule has 0 aliphatic carbocycles. The Labute approximate surface area is 128 Å². The molecule has 0 heterocycles. The van der Waals surface area contributed by atoms with E-state index < -0.39 is 0 Å². The van der Waals surface area contributed by atoms with E-state index in [4.69, 9.17) is 12.2 Å². The van der Waals surface area contributed by atoms with Gasteiger partial charge in [-0.05, 0) is 30.6 Å². The van der Waals surface area contributed by atoms with Crippen LogP contribution >= 0.6 is 12.2 Å². The molecule has 4 heteroatoms. The Kier molecular flexibility index (Phi) is 8.23. The van der Waals surface area contributed by atoms with Crippen molar-refractivity contribution < 1.29 is 5.21 Å². The minimum atomic E-state index is 0.439. The van der Waals surface area contributed by atoms with E-state index in [2.05, 4.69) is 18.7 Å². The number of rotatable bonds is 8. The molecule has 0 aromatic heterocycles. The minimum Gasteiger partial charge on any atom is -0.347 e. The van der Waals surface area contributed by atoms with Crippen LogP contribution in [0.2, 0.25) is 0 Å². The van der Waals surface area contributed by atoms with Crippen LogP contribution in [0.3, 0.4) is 0 Å². The van der Waals surface area contributed by atoms with E-state index in [1.54, 1.807) is 0 Å². The van der Waals surface area contributed by atoms with Crippen molar-refractivity contribution >= 4 is 17.3 Å². The highest BCUT2D eigenvalue weighted by Gasteiger charge is 2.14. The number of thiocarbonyl (C=S) groups is 1. The lowest BCUT2D eigenvalue weighted by Gasteiger charge is -2.30. The fourth-order valence-corrected chi connectivity index (χ4v) is 2.24. The summed E-state index contributed by atoms with van der Waals surface area (Å²) in [5.74, 6) is 0. The maximum atomic E-state index is 10.2. The quantitative estimate of drug-likeness (QED) is 0.577. The molecule has 0 unspecified atom stereocenters. The standard InChI is InChI=1S/C16H26N2OS/c1-3-5-12-17(13-6-4-2)16(20)18(19)14-15-10-8-7-9-11-15/h7-11,19H,3-6,12-14H2,1-2H3. The van der Waals surface area contributed by atoms with Gasteiger partial charge in [0.1, 0.15) is 0 Å². The molecule has 1 aromatic rings. The molecule has 0 aliphatic rings. The van der Waals surface area contributed by atoms with Gasteiger partial charge < -0.3 is 4.90 Å². The van der Waals surface area contributed by atoms with E-state index in [-0.39, 0.29) is 0 Å². The third-order valence-electron chi connectivity index (χ3n) is 3.23. The van der Waals surface area contributed by atoms with Gasteiger partial charge in [-0.1, -0.05) is 57.0 Å². The van der Waals surface area contributed by atoms with Crippen molar-refractivity contribution in [2.75, 3.05) is 13.1 Å². The Morgan fingerprint density at radius 2 is 1.60 bits per heavy atom. The zero-order valence-corrected chi connectivity index (χ0v) is 13.4. The summed E-state index contributed by atoms with van der Waals surface area (Å²) in [5, 5.41) is 11.9. The Morgan fingerprint density at radius 3 is 2.10 bits per heavy atom. The van der Waals surface area contributed by atoms with Crippen molar-refractivity contribution in [2.45, 2.75) is 46.1 Å². The van der Waals surface area contributed by atoms with Crippen LogP contribution in [-0.2, 0) is 6.54 Å². The lowest BCUT2D eigenvalue weighted by molar-refractivity contribution is -0.0327. The van der Waals surface area contributed by atoms with Crippen LogP contribution in [0.5, 0.6) is 0 Å². The van der Waals surface area contributed by atoms with Gasteiger partial charge in [0.25, 0.3) is 0 Å². The van der Waals surface area contributed by atoms with Gasteiger partial charge in [0.05, 0.1) is 6.54 Å². The number of benzene rings is 1. The van der Waals surface area contributed by atoms with Gasteiger partial charge in [-0.25, -0.2) is 5.06 Å². The zero-order valence-electron chi connectivity index (χ0n) is 12.6. The summed E-state index contributed by atoms with van der Waals surface area (Å²) in [6.07, 6.45) is 4.47. The number of hydrogen-bond donors (Lipinski definition) is 1. The van der Waals surface area contributed by atoms with Gasteiger partial charge in [0, 0.05) is 13.1 Å². The van der Waals surface area contributed by atoms with Crippen LogP contribution in [0.15, 0.2) is 30.3 Å². The summed E-state index contributed by atoms with van der Waals surface area (Å²) in [4.78, 5) is 2.12.